The van der Waals surface area contributed by atoms with Crippen LogP contribution in [0.4, 0.5) is 13.2 Å². The molecule has 0 bridgehead atoms. The van der Waals surface area contributed by atoms with Gasteiger partial charge < -0.3 is 5.32 Å². The number of halogens is 4. The molecule has 0 aromatic heterocycles. The van der Waals surface area contributed by atoms with Crippen LogP contribution in [0.25, 0.3) is 0 Å². The molecule has 1 N–H and O–H groups in total. The number of hydrogen-bond acceptors (Lipinski definition) is 3. The van der Waals surface area contributed by atoms with Gasteiger partial charge in [-0.2, -0.15) is 18.4 Å². The number of nitriles is 1. The first-order valence-electron chi connectivity index (χ1n) is 7.79. The molecule has 9 heteroatoms. The first-order valence-corrected chi connectivity index (χ1v) is 9.61. The summed E-state index contributed by atoms with van der Waals surface area (Å²) in [5.41, 5.74) is -0.470. The Kier molecular flexibility index (Phi) is 6.63. The van der Waals surface area contributed by atoms with E-state index in [1.807, 2.05) is 6.07 Å². The number of benzene rings is 2. The van der Waals surface area contributed by atoms with Crippen molar-refractivity contribution >= 4 is 28.3 Å². The van der Waals surface area contributed by atoms with Crippen LogP contribution in [-0.2, 0) is 27.7 Å². The summed E-state index contributed by atoms with van der Waals surface area (Å²) in [5.74, 6) is -0.381. The first kappa shape index (κ1) is 20.9. The first-order chi connectivity index (χ1) is 12.7. The van der Waals surface area contributed by atoms with Gasteiger partial charge in [0.05, 0.1) is 17.2 Å². The molecule has 0 saturated heterocycles. The van der Waals surface area contributed by atoms with Crippen molar-refractivity contribution in [2.75, 3.05) is 5.75 Å². The average molecular weight is 416 g/mol. The molecule has 0 aliphatic rings. The number of nitrogens with zero attached hydrogens (tertiary/aromatic N) is 1. The molecule has 2 rings (SSSR count). The van der Waals surface area contributed by atoms with Crippen molar-refractivity contribution in [3.05, 3.63) is 63.7 Å². The number of hydrogen-bond donors (Lipinski definition) is 1. The van der Waals surface area contributed by atoms with Crippen LogP contribution in [0.2, 0.25) is 5.02 Å². The quantitative estimate of drug-likeness (QED) is 0.586. The van der Waals surface area contributed by atoms with Crippen LogP contribution in [-0.4, -0.2) is 11.7 Å². The van der Waals surface area contributed by atoms with E-state index in [0.717, 1.165) is 12.1 Å². The largest absolute Gasteiger partial charge is 0.416 e. The van der Waals surface area contributed by atoms with Crippen molar-refractivity contribution < 1.29 is 22.2 Å². The lowest BCUT2D eigenvalue weighted by molar-refractivity contribution is -0.137. The zero-order valence-corrected chi connectivity index (χ0v) is 15.8. The maximum absolute atomic E-state index is 12.9. The smallest absolute Gasteiger partial charge is 0.348 e. The minimum absolute atomic E-state index is 0.0847. The zero-order valence-electron chi connectivity index (χ0n) is 14.1. The van der Waals surface area contributed by atoms with Crippen LogP contribution < -0.4 is 5.32 Å². The fraction of sp³-hybridized carbons (Fsp3) is 0.222. The Morgan fingerprint density at radius 1 is 1.26 bits per heavy atom. The molecule has 27 heavy (non-hydrogen) atoms. The molecule has 142 valence electrons. The van der Waals surface area contributed by atoms with Gasteiger partial charge in [0.1, 0.15) is 16.6 Å². The minimum atomic E-state index is -4.63. The summed E-state index contributed by atoms with van der Waals surface area (Å²) in [6.45, 7) is 1.66. The van der Waals surface area contributed by atoms with Crippen molar-refractivity contribution in [1.29, 1.82) is 5.26 Å². The Morgan fingerprint density at radius 2 is 1.96 bits per heavy atom. The molecule has 0 radical (unpaired) electrons. The average Bonchev–Trinajstić information content (AvgIpc) is 2.63. The summed E-state index contributed by atoms with van der Waals surface area (Å²) in [5, 5.41) is 11.3. The molecule has 0 heterocycles. The standard InChI is InChI=1S/C18H14ClF3N2O2S/c1-2-27(26)16-4-3-11(9-23)5-13(16)10-24-17(25)12-6-14(18(20,21)22)8-15(19)7-12/h3-8H,2,10H2,1H3,(H,24,25)/p+1. The van der Waals surface area contributed by atoms with Crippen LogP contribution >= 0.6 is 11.6 Å². The van der Waals surface area contributed by atoms with Crippen LogP contribution in [0.3, 0.4) is 0 Å². The Morgan fingerprint density at radius 3 is 2.56 bits per heavy atom. The lowest BCUT2D eigenvalue weighted by Crippen LogP contribution is -2.24. The van der Waals surface area contributed by atoms with Crippen molar-refractivity contribution in [2.45, 2.75) is 24.5 Å². The third-order valence-electron chi connectivity index (χ3n) is 3.69. The third-order valence-corrected chi connectivity index (χ3v) is 5.46. The van der Waals surface area contributed by atoms with E-state index in [-0.39, 0.29) is 17.1 Å². The lowest BCUT2D eigenvalue weighted by Gasteiger charge is -2.11. The summed E-state index contributed by atoms with van der Waals surface area (Å²) in [7, 11) is -1.70. The van der Waals surface area contributed by atoms with Gasteiger partial charge in [0, 0.05) is 22.7 Å². The normalized spacial score (nSPS) is 12.3. The molecule has 2 aromatic carbocycles. The molecule has 1 unspecified atom stereocenters. The SMILES string of the molecule is CC[SH+](=O)c1ccc(C#N)cc1CNC(=O)c1cc(Cl)cc(C(F)(F)F)c1. The Balaban J connectivity index is 2.27. The van der Waals surface area contributed by atoms with Gasteiger partial charge >= 0.3 is 6.18 Å². The fourth-order valence-corrected chi connectivity index (χ4v) is 3.65. The second-order valence-electron chi connectivity index (χ2n) is 5.56. The van der Waals surface area contributed by atoms with E-state index in [1.165, 1.54) is 12.1 Å². The number of rotatable bonds is 5. The molecule has 0 aliphatic heterocycles. The van der Waals surface area contributed by atoms with E-state index in [9.17, 15) is 22.2 Å². The summed E-state index contributed by atoms with van der Waals surface area (Å²) < 4.78 is 50.8. The third kappa shape index (κ3) is 5.31. The molecule has 0 aliphatic carbocycles. The van der Waals surface area contributed by atoms with Gasteiger partial charge in [-0.05, 0) is 43.3 Å². The fourth-order valence-electron chi connectivity index (χ4n) is 2.37. The highest BCUT2D eigenvalue weighted by molar-refractivity contribution is 7.85. The highest BCUT2D eigenvalue weighted by atomic mass is 35.5. The number of nitrogens with one attached hydrogen (secondary N) is 1. The minimum Gasteiger partial charge on any atom is -0.348 e. The predicted molar refractivity (Wildman–Crippen MR) is 97.0 cm³/mol. The van der Waals surface area contributed by atoms with Crippen LogP contribution in [0.1, 0.15) is 34.0 Å². The molecule has 4 nitrogen and oxygen atoms in total. The highest BCUT2D eigenvalue weighted by Crippen LogP contribution is 2.32. The Labute approximate surface area is 161 Å². The Bertz CT molecular complexity index is 939. The van der Waals surface area contributed by atoms with Crippen LogP contribution in [0.15, 0.2) is 41.3 Å². The topological polar surface area (TPSA) is 70.0 Å². The van der Waals surface area contributed by atoms with Gasteiger partial charge in [-0.15, -0.1) is 4.21 Å². The monoisotopic (exact) mass is 415 g/mol. The van der Waals surface area contributed by atoms with E-state index in [0.29, 0.717) is 27.8 Å². The van der Waals surface area contributed by atoms with Gasteiger partial charge in [-0.25, -0.2) is 0 Å². The van der Waals surface area contributed by atoms with E-state index < -0.39 is 28.4 Å². The molecule has 0 spiro atoms. The number of alkyl halides is 3. The van der Waals surface area contributed by atoms with Crippen molar-refractivity contribution in [3.63, 3.8) is 0 Å². The summed E-state index contributed by atoms with van der Waals surface area (Å²) >= 11 is 5.69. The number of carbonyl (C=O) groups excluding carboxylic acids is 1. The van der Waals surface area contributed by atoms with E-state index in [4.69, 9.17) is 16.9 Å². The van der Waals surface area contributed by atoms with Gasteiger partial charge in [-0.3, -0.25) is 4.79 Å². The van der Waals surface area contributed by atoms with Crippen molar-refractivity contribution in [3.8, 4) is 6.07 Å². The number of carbonyl (C=O) groups is 1. The summed E-state index contributed by atoms with van der Waals surface area (Å²) in [6.07, 6.45) is -4.63. The zero-order chi connectivity index (χ0) is 20.2. The van der Waals surface area contributed by atoms with Gasteiger partial charge in [0.15, 0.2) is 4.90 Å². The predicted octanol–water partition coefficient (Wildman–Crippen LogP) is 4.24. The molecular formula is C18H15ClF3N2O2S+. The van der Waals surface area contributed by atoms with Gasteiger partial charge in [-0.1, -0.05) is 11.6 Å². The van der Waals surface area contributed by atoms with Gasteiger partial charge in [0.2, 0.25) is 0 Å². The van der Waals surface area contributed by atoms with Crippen molar-refractivity contribution in [2.24, 2.45) is 0 Å². The van der Waals surface area contributed by atoms with E-state index in [2.05, 4.69) is 5.32 Å². The second kappa shape index (κ2) is 8.55. The summed E-state index contributed by atoms with van der Waals surface area (Å²) in [4.78, 5) is 12.8. The summed E-state index contributed by atoms with van der Waals surface area (Å²) in [6, 6.07) is 9.11. The number of thiol groups is 1. The molecule has 0 saturated carbocycles. The van der Waals surface area contributed by atoms with Crippen molar-refractivity contribution in [1.82, 2.24) is 5.32 Å². The molecule has 1 atom stereocenters. The number of amides is 1. The van der Waals surface area contributed by atoms with Gasteiger partial charge in [0.25, 0.3) is 5.91 Å². The van der Waals surface area contributed by atoms with E-state index in [1.54, 1.807) is 13.0 Å². The maximum Gasteiger partial charge on any atom is 0.416 e. The second-order valence-corrected chi connectivity index (χ2v) is 7.87. The highest BCUT2D eigenvalue weighted by Gasteiger charge is 2.31. The molecule has 2 aromatic rings. The molecule has 0 fully saturated rings. The molecule has 1 amide bonds. The molecular weight excluding hydrogens is 401 g/mol. The van der Waals surface area contributed by atoms with Crippen LogP contribution in [0, 0.1) is 11.3 Å². The van der Waals surface area contributed by atoms with E-state index >= 15 is 0 Å². The lowest BCUT2D eigenvalue weighted by atomic mass is 10.1. The maximum atomic E-state index is 12.9. The Hall–Kier alpha value is -2.37. The van der Waals surface area contributed by atoms with Crippen LogP contribution in [0.5, 0.6) is 0 Å².